The first-order valence-electron chi connectivity index (χ1n) is 6.12. The van der Waals surface area contributed by atoms with Crippen LogP contribution in [0.3, 0.4) is 0 Å². The maximum atomic E-state index is 6.19. The molecule has 1 heterocycles. The topological polar surface area (TPSA) is 21.3 Å². The van der Waals surface area contributed by atoms with Gasteiger partial charge in [0, 0.05) is 0 Å². The molecular formula is C15H12ClNO. The van der Waals surface area contributed by atoms with E-state index in [0.717, 1.165) is 17.9 Å². The van der Waals surface area contributed by atoms with Crippen molar-refractivity contribution in [1.29, 1.82) is 0 Å². The molecule has 1 N–H and O–H groups in total. The van der Waals surface area contributed by atoms with E-state index in [0.29, 0.717) is 11.1 Å². The van der Waals surface area contributed by atoms with Crippen LogP contribution in [-0.2, 0) is 6.42 Å². The molecule has 0 aromatic heterocycles. The number of fused-ring (bicyclic) bond motifs is 4. The van der Waals surface area contributed by atoms with Gasteiger partial charge in [0.15, 0.2) is 5.75 Å². The fourth-order valence-electron chi connectivity index (χ4n) is 2.90. The van der Waals surface area contributed by atoms with E-state index in [9.17, 15) is 0 Å². The van der Waals surface area contributed by atoms with E-state index in [4.69, 9.17) is 16.3 Å². The van der Waals surface area contributed by atoms with Crippen LogP contribution in [0, 0.1) is 0 Å². The molecule has 0 fully saturated rings. The van der Waals surface area contributed by atoms with Crippen molar-refractivity contribution in [3.8, 4) is 5.75 Å². The number of anilines is 1. The largest absolute Gasteiger partial charge is 0.480 e. The Morgan fingerprint density at radius 1 is 1.11 bits per heavy atom. The Kier molecular flexibility index (Phi) is 2.09. The first kappa shape index (κ1) is 10.3. The van der Waals surface area contributed by atoms with Crippen LogP contribution >= 0.6 is 11.6 Å². The van der Waals surface area contributed by atoms with Crippen LogP contribution in [0.25, 0.3) is 0 Å². The quantitative estimate of drug-likeness (QED) is 0.775. The summed E-state index contributed by atoms with van der Waals surface area (Å²) in [5.41, 5.74) is 3.64. The zero-order valence-corrected chi connectivity index (χ0v) is 10.4. The van der Waals surface area contributed by atoms with Crippen LogP contribution in [0.2, 0.25) is 5.02 Å². The Labute approximate surface area is 111 Å². The normalized spacial score (nSPS) is 23.4. The molecule has 90 valence electrons. The second-order valence-corrected chi connectivity index (χ2v) is 5.22. The van der Waals surface area contributed by atoms with Gasteiger partial charge >= 0.3 is 0 Å². The van der Waals surface area contributed by atoms with E-state index in [1.165, 1.54) is 11.1 Å². The van der Waals surface area contributed by atoms with Crippen LogP contribution < -0.4 is 10.1 Å². The minimum Gasteiger partial charge on any atom is -0.480 e. The van der Waals surface area contributed by atoms with E-state index in [2.05, 4.69) is 29.6 Å². The van der Waals surface area contributed by atoms with Crippen molar-refractivity contribution in [2.45, 2.75) is 18.6 Å². The summed E-state index contributed by atoms with van der Waals surface area (Å²) in [5, 5.41) is 4.21. The molecule has 0 amide bonds. The SMILES string of the molecule is Clc1cccc2c1OC1c3ccccc3CC1N2. The predicted octanol–water partition coefficient (Wildman–Crippen LogP) is 3.81. The lowest BCUT2D eigenvalue weighted by Gasteiger charge is -2.31. The van der Waals surface area contributed by atoms with Gasteiger partial charge in [-0.2, -0.15) is 0 Å². The van der Waals surface area contributed by atoms with Crippen molar-refractivity contribution in [3.63, 3.8) is 0 Å². The Bertz CT molecular complexity index is 626. The number of nitrogens with one attached hydrogen (secondary N) is 1. The van der Waals surface area contributed by atoms with Crippen molar-refractivity contribution >= 4 is 17.3 Å². The predicted molar refractivity (Wildman–Crippen MR) is 72.4 cm³/mol. The highest BCUT2D eigenvalue weighted by molar-refractivity contribution is 6.32. The van der Waals surface area contributed by atoms with Gasteiger partial charge < -0.3 is 10.1 Å². The van der Waals surface area contributed by atoms with E-state index >= 15 is 0 Å². The molecule has 2 atom stereocenters. The van der Waals surface area contributed by atoms with Gasteiger partial charge in [-0.05, 0) is 29.7 Å². The van der Waals surface area contributed by atoms with Gasteiger partial charge in [0.05, 0.1) is 16.8 Å². The average Bonchev–Trinajstić information content (AvgIpc) is 2.75. The summed E-state index contributed by atoms with van der Waals surface area (Å²) < 4.78 is 6.12. The lowest BCUT2D eigenvalue weighted by molar-refractivity contribution is 0.184. The number of ether oxygens (including phenoxy) is 1. The van der Waals surface area contributed by atoms with Gasteiger partial charge in [-0.1, -0.05) is 41.9 Å². The first-order valence-corrected chi connectivity index (χ1v) is 6.50. The summed E-state index contributed by atoms with van der Waals surface area (Å²) in [4.78, 5) is 0. The van der Waals surface area contributed by atoms with E-state index in [1.54, 1.807) is 0 Å². The van der Waals surface area contributed by atoms with Crippen molar-refractivity contribution in [2.24, 2.45) is 0 Å². The summed E-state index contributed by atoms with van der Waals surface area (Å²) in [6.07, 6.45) is 1.08. The smallest absolute Gasteiger partial charge is 0.162 e. The zero-order chi connectivity index (χ0) is 12.1. The zero-order valence-electron chi connectivity index (χ0n) is 9.69. The summed E-state index contributed by atoms with van der Waals surface area (Å²) in [6.45, 7) is 0. The lowest BCUT2D eigenvalue weighted by atomic mass is 10.1. The van der Waals surface area contributed by atoms with Gasteiger partial charge in [0.2, 0.25) is 0 Å². The number of rotatable bonds is 0. The van der Waals surface area contributed by atoms with Crippen LogP contribution in [0.5, 0.6) is 5.75 Å². The van der Waals surface area contributed by atoms with Crippen molar-refractivity contribution in [3.05, 3.63) is 58.6 Å². The Morgan fingerprint density at radius 2 is 2.00 bits per heavy atom. The number of hydrogen-bond acceptors (Lipinski definition) is 2. The molecule has 18 heavy (non-hydrogen) atoms. The Balaban J connectivity index is 1.81. The van der Waals surface area contributed by atoms with Crippen LogP contribution in [0.1, 0.15) is 17.2 Å². The fraction of sp³-hybridized carbons (Fsp3) is 0.200. The summed E-state index contributed by atoms with van der Waals surface area (Å²) in [6, 6.07) is 14.6. The summed E-state index contributed by atoms with van der Waals surface area (Å²) in [5.74, 6) is 0.775. The van der Waals surface area contributed by atoms with Gasteiger partial charge in [-0.15, -0.1) is 0 Å². The Morgan fingerprint density at radius 3 is 2.94 bits per heavy atom. The molecule has 2 unspecified atom stereocenters. The molecule has 0 spiro atoms. The molecule has 3 heteroatoms. The second kappa shape index (κ2) is 3.66. The minimum absolute atomic E-state index is 0.0774. The number of para-hydroxylation sites is 1. The fourth-order valence-corrected chi connectivity index (χ4v) is 3.12. The molecule has 0 saturated heterocycles. The standard InChI is InChI=1S/C15H12ClNO/c16-11-6-3-7-12-15(11)18-14-10-5-2-1-4-9(10)8-13(14)17-12/h1-7,13-14,17H,8H2. The highest BCUT2D eigenvalue weighted by Gasteiger charge is 2.38. The third kappa shape index (κ3) is 1.36. The average molecular weight is 258 g/mol. The second-order valence-electron chi connectivity index (χ2n) is 4.81. The van der Waals surface area contributed by atoms with E-state index < -0.39 is 0 Å². The minimum atomic E-state index is 0.0774. The van der Waals surface area contributed by atoms with Crippen LogP contribution in [-0.4, -0.2) is 6.04 Å². The molecule has 4 rings (SSSR count). The van der Waals surface area contributed by atoms with Crippen molar-refractivity contribution < 1.29 is 4.74 Å². The highest BCUT2D eigenvalue weighted by atomic mass is 35.5. The molecule has 2 nitrogen and oxygen atoms in total. The lowest BCUT2D eigenvalue weighted by Crippen LogP contribution is -2.32. The third-order valence-electron chi connectivity index (χ3n) is 3.72. The molecule has 0 saturated carbocycles. The molecule has 2 aliphatic rings. The molecule has 2 aromatic rings. The van der Waals surface area contributed by atoms with E-state index in [-0.39, 0.29) is 6.10 Å². The van der Waals surface area contributed by atoms with Gasteiger partial charge in [0.1, 0.15) is 6.10 Å². The molecular weight excluding hydrogens is 246 g/mol. The molecule has 1 aliphatic heterocycles. The summed E-state index contributed by atoms with van der Waals surface area (Å²) in [7, 11) is 0. The molecule has 0 radical (unpaired) electrons. The summed E-state index contributed by atoms with van der Waals surface area (Å²) >= 11 is 6.19. The van der Waals surface area contributed by atoms with Gasteiger partial charge in [-0.3, -0.25) is 0 Å². The maximum Gasteiger partial charge on any atom is 0.162 e. The van der Waals surface area contributed by atoms with Gasteiger partial charge in [-0.25, -0.2) is 0 Å². The van der Waals surface area contributed by atoms with E-state index in [1.807, 2.05) is 18.2 Å². The third-order valence-corrected chi connectivity index (χ3v) is 4.02. The van der Waals surface area contributed by atoms with Gasteiger partial charge in [0.25, 0.3) is 0 Å². The Hall–Kier alpha value is -1.67. The van der Waals surface area contributed by atoms with Crippen molar-refractivity contribution in [2.75, 3.05) is 5.32 Å². The number of hydrogen-bond donors (Lipinski definition) is 1. The number of benzene rings is 2. The molecule has 2 aromatic carbocycles. The molecule has 1 aliphatic carbocycles. The molecule has 0 bridgehead atoms. The maximum absolute atomic E-state index is 6.19. The van der Waals surface area contributed by atoms with Crippen LogP contribution in [0.15, 0.2) is 42.5 Å². The first-order chi connectivity index (χ1) is 8.83. The highest BCUT2D eigenvalue weighted by Crippen LogP contribution is 2.46. The van der Waals surface area contributed by atoms with Crippen molar-refractivity contribution in [1.82, 2.24) is 0 Å². The van der Waals surface area contributed by atoms with Crippen LogP contribution in [0.4, 0.5) is 5.69 Å². The monoisotopic (exact) mass is 257 g/mol. The number of halogens is 1.